The zero-order valence-electron chi connectivity index (χ0n) is 12.3. The van der Waals surface area contributed by atoms with E-state index in [-0.39, 0.29) is 0 Å². The average molecular weight is 250 g/mol. The lowest BCUT2D eigenvalue weighted by atomic mass is 10.1. The first kappa shape index (κ1) is 14.8. The second kappa shape index (κ2) is 7.27. The molecule has 0 aromatic heterocycles. The van der Waals surface area contributed by atoms with E-state index in [1.165, 1.54) is 17.5 Å². The van der Waals surface area contributed by atoms with Gasteiger partial charge >= 0.3 is 0 Å². The third-order valence-electron chi connectivity index (χ3n) is 3.27. The molecule has 0 amide bonds. The van der Waals surface area contributed by atoms with Gasteiger partial charge in [-0.1, -0.05) is 19.4 Å². The van der Waals surface area contributed by atoms with Gasteiger partial charge < -0.3 is 15.4 Å². The summed E-state index contributed by atoms with van der Waals surface area (Å²) in [6.07, 6.45) is 1.17. The summed E-state index contributed by atoms with van der Waals surface area (Å²) in [5, 5.41) is 6.75. The quantitative estimate of drug-likeness (QED) is 0.780. The molecule has 102 valence electrons. The summed E-state index contributed by atoms with van der Waals surface area (Å²) >= 11 is 0. The summed E-state index contributed by atoms with van der Waals surface area (Å²) < 4.78 is 5.48. The van der Waals surface area contributed by atoms with Gasteiger partial charge in [0.25, 0.3) is 0 Å². The van der Waals surface area contributed by atoms with E-state index in [9.17, 15) is 0 Å². The smallest absolute Gasteiger partial charge is 0.144 e. The molecule has 18 heavy (non-hydrogen) atoms. The lowest BCUT2D eigenvalue weighted by molar-refractivity contribution is 0.412. The van der Waals surface area contributed by atoms with Gasteiger partial charge in [0.2, 0.25) is 0 Å². The van der Waals surface area contributed by atoms with Crippen molar-refractivity contribution in [3.63, 3.8) is 0 Å². The molecule has 3 nitrogen and oxygen atoms in total. The van der Waals surface area contributed by atoms with Gasteiger partial charge in [-0.15, -0.1) is 0 Å². The van der Waals surface area contributed by atoms with Crippen LogP contribution in [-0.2, 0) is 0 Å². The Labute approximate surface area is 111 Å². The molecule has 3 heteroatoms. The molecule has 1 aromatic carbocycles. The molecule has 0 aliphatic carbocycles. The number of methoxy groups -OCH3 is 1. The standard InChI is InChI=1S/C15H26N2O/c1-6-13(9-16-4)10-17-14-8-11(2)7-12(3)15(14)18-5/h7-8,13,16-17H,6,9-10H2,1-5H3. The SMILES string of the molecule is CCC(CNC)CNc1cc(C)cc(C)c1OC. The van der Waals surface area contributed by atoms with Crippen LogP contribution in [0.25, 0.3) is 0 Å². The highest BCUT2D eigenvalue weighted by atomic mass is 16.5. The third-order valence-corrected chi connectivity index (χ3v) is 3.27. The first-order valence-electron chi connectivity index (χ1n) is 6.66. The van der Waals surface area contributed by atoms with Crippen LogP contribution >= 0.6 is 0 Å². The van der Waals surface area contributed by atoms with Crippen LogP contribution in [-0.4, -0.2) is 27.2 Å². The number of hydrogen-bond donors (Lipinski definition) is 2. The first-order valence-corrected chi connectivity index (χ1v) is 6.66. The number of benzene rings is 1. The van der Waals surface area contributed by atoms with E-state index in [1.807, 2.05) is 7.05 Å². The van der Waals surface area contributed by atoms with Crippen LogP contribution in [0.4, 0.5) is 5.69 Å². The van der Waals surface area contributed by atoms with Crippen molar-refractivity contribution < 1.29 is 4.74 Å². The molecule has 0 spiro atoms. The molecular weight excluding hydrogens is 224 g/mol. The van der Waals surface area contributed by atoms with Gasteiger partial charge in [0, 0.05) is 6.54 Å². The van der Waals surface area contributed by atoms with Crippen molar-refractivity contribution in [2.24, 2.45) is 5.92 Å². The van der Waals surface area contributed by atoms with Gasteiger partial charge in [-0.05, 0) is 50.6 Å². The maximum Gasteiger partial charge on any atom is 0.144 e. The zero-order valence-corrected chi connectivity index (χ0v) is 12.3. The van der Waals surface area contributed by atoms with Gasteiger partial charge in [-0.2, -0.15) is 0 Å². The lowest BCUT2D eigenvalue weighted by Gasteiger charge is -2.19. The van der Waals surface area contributed by atoms with Crippen LogP contribution in [0.3, 0.4) is 0 Å². The Morgan fingerprint density at radius 2 is 1.94 bits per heavy atom. The second-order valence-electron chi connectivity index (χ2n) is 4.88. The van der Waals surface area contributed by atoms with Crippen molar-refractivity contribution in [1.82, 2.24) is 5.32 Å². The minimum Gasteiger partial charge on any atom is -0.494 e. The fourth-order valence-corrected chi connectivity index (χ4v) is 2.26. The van der Waals surface area contributed by atoms with Crippen molar-refractivity contribution in [2.45, 2.75) is 27.2 Å². The van der Waals surface area contributed by atoms with Crippen LogP contribution in [0.1, 0.15) is 24.5 Å². The summed E-state index contributed by atoms with van der Waals surface area (Å²) in [7, 11) is 3.73. The van der Waals surface area contributed by atoms with E-state index in [0.29, 0.717) is 5.92 Å². The molecule has 1 rings (SSSR count). The molecule has 0 heterocycles. The van der Waals surface area contributed by atoms with E-state index < -0.39 is 0 Å². The van der Waals surface area contributed by atoms with Gasteiger partial charge in [0.1, 0.15) is 5.75 Å². The van der Waals surface area contributed by atoms with Gasteiger partial charge in [0.15, 0.2) is 0 Å². The van der Waals surface area contributed by atoms with Crippen molar-refractivity contribution >= 4 is 5.69 Å². The Kier molecular flexibility index (Phi) is 5.99. The minimum atomic E-state index is 0.639. The van der Waals surface area contributed by atoms with Gasteiger partial charge in [0.05, 0.1) is 12.8 Å². The molecule has 0 bridgehead atoms. The first-order chi connectivity index (χ1) is 8.62. The molecule has 0 saturated heterocycles. The molecule has 1 aromatic rings. The van der Waals surface area contributed by atoms with Crippen LogP contribution in [0.2, 0.25) is 0 Å². The van der Waals surface area contributed by atoms with Crippen molar-refractivity contribution in [1.29, 1.82) is 0 Å². The Hall–Kier alpha value is -1.22. The average Bonchev–Trinajstić information content (AvgIpc) is 2.33. The van der Waals surface area contributed by atoms with Crippen LogP contribution < -0.4 is 15.4 Å². The predicted octanol–water partition coefficient (Wildman–Crippen LogP) is 2.97. The predicted molar refractivity (Wildman–Crippen MR) is 78.7 cm³/mol. The fraction of sp³-hybridized carbons (Fsp3) is 0.600. The minimum absolute atomic E-state index is 0.639. The highest BCUT2D eigenvalue weighted by Gasteiger charge is 2.10. The second-order valence-corrected chi connectivity index (χ2v) is 4.88. The van der Waals surface area contributed by atoms with E-state index in [0.717, 1.165) is 24.5 Å². The van der Waals surface area contributed by atoms with E-state index >= 15 is 0 Å². The molecular formula is C15H26N2O. The number of anilines is 1. The Balaban J connectivity index is 2.77. The Morgan fingerprint density at radius 3 is 2.50 bits per heavy atom. The number of ether oxygens (including phenoxy) is 1. The summed E-state index contributed by atoms with van der Waals surface area (Å²) in [6.45, 7) is 8.43. The largest absolute Gasteiger partial charge is 0.494 e. The van der Waals surface area contributed by atoms with Crippen LogP contribution in [0, 0.1) is 19.8 Å². The summed E-state index contributed by atoms with van der Waals surface area (Å²) in [5.74, 6) is 1.60. The Morgan fingerprint density at radius 1 is 1.22 bits per heavy atom. The van der Waals surface area contributed by atoms with Crippen molar-refractivity contribution in [3.8, 4) is 5.75 Å². The van der Waals surface area contributed by atoms with Gasteiger partial charge in [-0.25, -0.2) is 0 Å². The number of rotatable bonds is 7. The third kappa shape index (κ3) is 3.91. The summed E-state index contributed by atoms with van der Waals surface area (Å²) in [4.78, 5) is 0. The van der Waals surface area contributed by atoms with Crippen LogP contribution in [0.5, 0.6) is 5.75 Å². The molecule has 1 unspecified atom stereocenters. The summed E-state index contributed by atoms with van der Waals surface area (Å²) in [6, 6.07) is 4.30. The van der Waals surface area contributed by atoms with E-state index in [1.54, 1.807) is 7.11 Å². The normalized spacial score (nSPS) is 12.3. The van der Waals surface area contributed by atoms with Crippen LogP contribution in [0.15, 0.2) is 12.1 Å². The highest BCUT2D eigenvalue weighted by Crippen LogP contribution is 2.30. The Bertz CT molecular complexity index is 377. The fourth-order valence-electron chi connectivity index (χ4n) is 2.26. The molecule has 0 fully saturated rings. The molecule has 2 N–H and O–H groups in total. The van der Waals surface area contributed by atoms with Crippen molar-refractivity contribution in [2.75, 3.05) is 32.6 Å². The van der Waals surface area contributed by atoms with E-state index in [4.69, 9.17) is 4.74 Å². The molecule has 1 atom stereocenters. The van der Waals surface area contributed by atoms with Crippen molar-refractivity contribution in [3.05, 3.63) is 23.3 Å². The highest BCUT2D eigenvalue weighted by molar-refractivity contribution is 5.61. The summed E-state index contributed by atoms with van der Waals surface area (Å²) in [5.41, 5.74) is 3.55. The maximum absolute atomic E-state index is 5.48. The topological polar surface area (TPSA) is 33.3 Å². The number of nitrogens with one attached hydrogen (secondary N) is 2. The van der Waals surface area contributed by atoms with Gasteiger partial charge in [-0.3, -0.25) is 0 Å². The van der Waals surface area contributed by atoms with E-state index in [2.05, 4.69) is 43.5 Å². The monoisotopic (exact) mass is 250 g/mol. The molecule has 0 aliphatic rings. The molecule has 0 radical (unpaired) electrons. The number of hydrogen-bond acceptors (Lipinski definition) is 3. The maximum atomic E-state index is 5.48. The number of aryl methyl sites for hydroxylation is 2. The zero-order chi connectivity index (χ0) is 13.5. The lowest BCUT2D eigenvalue weighted by Crippen LogP contribution is -2.25. The molecule has 0 saturated carbocycles. The molecule has 0 aliphatic heterocycles.